The Morgan fingerprint density at radius 3 is 2.81 bits per heavy atom. The van der Waals surface area contributed by atoms with Gasteiger partial charge in [0.25, 0.3) is 0 Å². The van der Waals surface area contributed by atoms with Gasteiger partial charge in [-0.05, 0) is 36.5 Å². The highest BCUT2D eigenvalue weighted by Crippen LogP contribution is 2.27. The lowest BCUT2D eigenvalue weighted by Crippen LogP contribution is -2.26. The zero-order valence-corrected chi connectivity index (χ0v) is 13.2. The second-order valence-corrected chi connectivity index (χ2v) is 7.95. The summed E-state index contributed by atoms with van der Waals surface area (Å²) in [6.07, 6.45) is 8.38. The van der Waals surface area contributed by atoms with Crippen molar-refractivity contribution in [3.8, 4) is 0 Å². The maximum Gasteiger partial charge on any atom is 0.240 e. The van der Waals surface area contributed by atoms with E-state index in [0.29, 0.717) is 17.4 Å². The van der Waals surface area contributed by atoms with Gasteiger partial charge in [0.15, 0.2) is 0 Å². The van der Waals surface area contributed by atoms with Crippen molar-refractivity contribution >= 4 is 15.7 Å². The second kappa shape index (κ2) is 6.36. The molecule has 116 valence electrons. The lowest BCUT2D eigenvalue weighted by Gasteiger charge is -2.21. The number of nitrogens with one attached hydrogen (secondary N) is 2. The molecule has 1 fully saturated rings. The molecule has 1 aliphatic carbocycles. The van der Waals surface area contributed by atoms with Crippen molar-refractivity contribution in [1.29, 1.82) is 0 Å². The first-order valence-corrected chi connectivity index (χ1v) is 9.50. The van der Waals surface area contributed by atoms with Crippen molar-refractivity contribution in [2.24, 2.45) is 5.92 Å². The average Bonchev–Trinajstić information content (AvgIpc) is 2.95. The zero-order chi connectivity index (χ0) is 14.7. The summed E-state index contributed by atoms with van der Waals surface area (Å²) in [7, 11) is -3.37. The summed E-state index contributed by atoms with van der Waals surface area (Å²) in [5, 5.41) is 3.23. The topological polar surface area (TPSA) is 58.2 Å². The lowest BCUT2D eigenvalue weighted by atomic mass is 9.87. The monoisotopic (exact) mass is 308 g/mol. The van der Waals surface area contributed by atoms with Crippen LogP contribution in [-0.2, 0) is 16.4 Å². The van der Waals surface area contributed by atoms with Crippen molar-refractivity contribution in [1.82, 2.24) is 4.72 Å². The maximum absolute atomic E-state index is 12.3. The third kappa shape index (κ3) is 3.58. The third-order valence-electron chi connectivity index (χ3n) is 4.67. The molecule has 1 aliphatic heterocycles. The number of sulfonamides is 1. The first-order chi connectivity index (χ1) is 10.1. The van der Waals surface area contributed by atoms with Crippen molar-refractivity contribution in [2.45, 2.75) is 49.8 Å². The maximum atomic E-state index is 12.3. The van der Waals surface area contributed by atoms with Crippen molar-refractivity contribution < 1.29 is 8.42 Å². The Kier molecular flexibility index (Phi) is 4.50. The number of benzene rings is 1. The van der Waals surface area contributed by atoms with Gasteiger partial charge < -0.3 is 5.32 Å². The summed E-state index contributed by atoms with van der Waals surface area (Å²) in [4.78, 5) is 0.374. The summed E-state index contributed by atoms with van der Waals surface area (Å²) in [6, 6.07) is 5.39. The molecular formula is C16H24N2O2S. The van der Waals surface area contributed by atoms with E-state index in [1.54, 1.807) is 12.1 Å². The molecule has 0 unspecified atom stereocenters. The molecule has 5 heteroatoms. The van der Waals surface area contributed by atoms with Crippen molar-refractivity contribution in [3.05, 3.63) is 23.8 Å². The van der Waals surface area contributed by atoms with E-state index in [1.165, 1.54) is 37.7 Å². The Morgan fingerprint density at radius 1 is 1.19 bits per heavy atom. The summed E-state index contributed by atoms with van der Waals surface area (Å²) in [5.41, 5.74) is 2.17. The van der Waals surface area contributed by atoms with Gasteiger partial charge in [0.2, 0.25) is 10.0 Å². The fraction of sp³-hybridized carbons (Fsp3) is 0.625. The van der Waals surface area contributed by atoms with E-state index in [0.717, 1.165) is 25.1 Å². The highest BCUT2D eigenvalue weighted by Gasteiger charge is 2.19. The van der Waals surface area contributed by atoms with Gasteiger partial charge in [0.1, 0.15) is 0 Å². The number of hydrogen-bond acceptors (Lipinski definition) is 3. The van der Waals surface area contributed by atoms with Crippen LogP contribution < -0.4 is 10.0 Å². The van der Waals surface area contributed by atoms with E-state index in [-0.39, 0.29) is 0 Å². The zero-order valence-electron chi connectivity index (χ0n) is 12.4. The molecule has 3 rings (SSSR count). The van der Waals surface area contributed by atoms with Crippen molar-refractivity contribution in [3.63, 3.8) is 0 Å². The van der Waals surface area contributed by atoms with Crippen molar-refractivity contribution in [2.75, 3.05) is 18.4 Å². The van der Waals surface area contributed by atoms with E-state index in [1.807, 2.05) is 6.07 Å². The molecule has 1 aromatic carbocycles. The molecule has 21 heavy (non-hydrogen) atoms. The molecule has 2 N–H and O–H groups in total. The molecule has 0 saturated heterocycles. The fourth-order valence-corrected chi connectivity index (χ4v) is 4.47. The van der Waals surface area contributed by atoms with E-state index < -0.39 is 10.0 Å². The van der Waals surface area contributed by atoms with Crippen LogP contribution >= 0.6 is 0 Å². The molecule has 0 bridgehead atoms. The van der Waals surface area contributed by atoms with E-state index >= 15 is 0 Å². The number of hydrogen-bond donors (Lipinski definition) is 2. The van der Waals surface area contributed by atoms with Gasteiger partial charge in [-0.3, -0.25) is 0 Å². The first-order valence-electron chi connectivity index (χ1n) is 8.02. The van der Waals surface area contributed by atoms with Crippen LogP contribution in [0.25, 0.3) is 0 Å². The van der Waals surface area contributed by atoms with E-state index in [2.05, 4.69) is 10.0 Å². The normalized spacial score (nSPS) is 19.2. The molecule has 1 aromatic rings. The van der Waals surface area contributed by atoms with Crippen LogP contribution in [0.15, 0.2) is 23.1 Å². The second-order valence-electron chi connectivity index (χ2n) is 6.19. The van der Waals surface area contributed by atoms with Crippen LogP contribution in [0.4, 0.5) is 5.69 Å². The molecule has 2 aliphatic rings. The Balaban J connectivity index is 1.58. The summed E-state index contributed by atoms with van der Waals surface area (Å²) in [5.74, 6) is 0.697. The number of rotatable bonds is 5. The summed E-state index contributed by atoms with van der Waals surface area (Å²) < 4.78 is 27.4. The van der Waals surface area contributed by atoms with Gasteiger partial charge >= 0.3 is 0 Å². The number of anilines is 1. The van der Waals surface area contributed by atoms with Crippen LogP contribution in [0.1, 0.15) is 44.1 Å². The molecular weight excluding hydrogens is 284 g/mol. The smallest absolute Gasteiger partial charge is 0.240 e. The predicted molar refractivity (Wildman–Crippen MR) is 85.0 cm³/mol. The molecule has 0 radical (unpaired) electrons. The Labute approximate surface area is 127 Å². The standard InChI is InChI=1S/C16H24N2O2S/c19-21(20,18-11-8-13-4-2-1-3-5-13)15-7-6-14-9-10-17-16(14)12-15/h6-7,12-13,17-18H,1-5,8-11H2. The van der Waals surface area contributed by atoms with Crippen LogP contribution in [-0.4, -0.2) is 21.5 Å². The molecule has 1 heterocycles. The third-order valence-corrected chi connectivity index (χ3v) is 6.13. The molecule has 4 nitrogen and oxygen atoms in total. The SMILES string of the molecule is O=S(=O)(NCCC1CCCCC1)c1ccc2c(c1)NCC2. The highest BCUT2D eigenvalue weighted by molar-refractivity contribution is 7.89. The Morgan fingerprint density at radius 2 is 2.00 bits per heavy atom. The minimum atomic E-state index is -3.37. The Bertz CT molecular complexity index is 592. The van der Waals surface area contributed by atoms with Gasteiger partial charge in [0.05, 0.1) is 4.90 Å². The van der Waals surface area contributed by atoms with Gasteiger partial charge in [-0.25, -0.2) is 13.1 Å². The molecule has 1 saturated carbocycles. The summed E-state index contributed by atoms with van der Waals surface area (Å²) in [6.45, 7) is 1.45. The van der Waals surface area contributed by atoms with Gasteiger partial charge in [-0.1, -0.05) is 38.2 Å². The van der Waals surface area contributed by atoms with Crippen LogP contribution in [0.5, 0.6) is 0 Å². The minimum absolute atomic E-state index is 0.374. The quantitative estimate of drug-likeness (QED) is 0.879. The lowest BCUT2D eigenvalue weighted by molar-refractivity contribution is 0.339. The largest absolute Gasteiger partial charge is 0.384 e. The molecule has 0 atom stereocenters. The van der Waals surface area contributed by atoms with E-state index in [4.69, 9.17) is 0 Å². The van der Waals surface area contributed by atoms with Crippen LogP contribution in [0, 0.1) is 5.92 Å². The van der Waals surface area contributed by atoms with Gasteiger partial charge in [-0.15, -0.1) is 0 Å². The highest BCUT2D eigenvalue weighted by atomic mass is 32.2. The van der Waals surface area contributed by atoms with Gasteiger partial charge in [0, 0.05) is 18.8 Å². The molecule has 0 amide bonds. The predicted octanol–water partition coefficient (Wildman–Crippen LogP) is 2.90. The van der Waals surface area contributed by atoms with E-state index in [9.17, 15) is 8.42 Å². The molecule has 0 spiro atoms. The minimum Gasteiger partial charge on any atom is -0.384 e. The first kappa shape index (κ1) is 14.9. The fourth-order valence-electron chi connectivity index (χ4n) is 3.39. The molecule has 0 aromatic heterocycles. The van der Waals surface area contributed by atoms with Crippen LogP contribution in [0.3, 0.4) is 0 Å². The number of fused-ring (bicyclic) bond motifs is 1. The van der Waals surface area contributed by atoms with Gasteiger partial charge in [-0.2, -0.15) is 0 Å². The average molecular weight is 308 g/mol. The Hall–Kier alpha value is -1.07. The van der Waals surface area contributed by atoms with Crippen LogP contribution in [0.2, 0.25) is 0 Å². The summed E-state index contributed by atoms with van der Waals surface area (Å²) >= 11 is 0.